The maximum atomic E-state index is 11.0. The van der Waals surface area contributed by atoms with Crippen LogP contribution < -0.4 is 29.6 Å². The summed E-state index contributed by atoms with van der Waals surface area (Å²) in [6.07, 6.45) is 0. The van der Waals surface area contributed by atoms with Crippen LogP contribution in [0.4, 0.5) is 0 Å². The fourth-order valence-electron chi connectivity index (χ4n) is 0.691. The standard InChI is InChI=1S/C6H4Cl2NO2S.CH4.Na/c7-5-3-1-2-4-6(5)12(10,11)9-8;;/h1-4H;1H4;/q-1;;+1. The van der Waals surface area contributed by atoms with Gasteiger partial charge in [-0.15, -0.1) is 0 Å². The Labute approximate surface area is 116 Å². The van der Waals surface area contributed by atoms with Gasteiger partial charge in [-0.1, -0.05) is 31.2 Å². The second kappa shape index (κ2) is 7.06. The third kappa shape index (κ3) is 4.06. The van der Waals surface area contributed by atoms with Gasteiger partial charge < -0.3 is 4.24 Å². The van der Waals surface area contributed by atoms with Crippen molar-refractivity contribution < 1.29 is 38.0 Å². The second-order valence-electron chi connectivity index (χ2n) is 1.97. The zero-order valence-corrected chi connectivity index (χ0v) is 11.1. The molecule has 0 heterocycles. The molecule has 0 aliphatic carbocycles. The van der Waals surface area contributed by atoms with Crippen LogP contribution in [-0.2, 0) is 10.0 Å². The first-order valence-electron chi connectivity index (χ1n) is 2.91. The fourth-order valence-corrected chi connectivity index (χ4v) is 1.98. The molecule has 0 atom stereocenters. The van der Waals surface area contributed by atoms with E-state index in [1.54, 1.807) is 12.1 Å². The average molecular weight is 264 g/mol. The first-order chi connectivity index (χ1) is 5.58. The summed E-state index contributed by atoms with van der Waals surface area (Å²) in [6, 6.07) is 5.95. The van der Waals surface area contributed by atoms with E-state index in [4.69, 9.17) is 23.4 Å². The van der Waals surface area contributed by atoms with Crippen LogP contribution >= 0.6 is 23.4 Å². The molecule has 0 saturated heterocycles. The number of rotatable bonds is 2. The van der Waals surface area contributed by atoms with Crippen LogP contribution in [0, 0.1) is 0 Å². The Bertz CT molecular complexity index is 383. The number of hydrogen-bond donors (Lipinski definition) is 0. The van der Waals surface area contributed by atoms with Crippen LogP contribution in [0.2, 0.25) is 5.02 Å². The van der Waals surface area contributed by atoms with Gasteiger partial charge >= 0.3 is 29.6 Å². The van der Waals surface area contributed by atoms with Gasteiger partial charge in [0.25, 0.3) is 0 Å². The molecule has 0 bridgehead atoms. The molecule has 0 aromatic heterocycles. The van der Waals surface area contributed by atoms with Crippen LogP contribution in [0.3, 0.4) is 0 Å². The minimum absolute atomic E-state index is 0. The van der Waals surface area contributed by atoms with Crippen molar-refractivity contribution in [2.75, 3.05) is 0 Å². The largest absolute Gasteiger partial charge is 1.00 e. The predicted octanol–water partition coefficient (Wildman–Crippen LogP) is 0.196. The molecule has 1 rings (SSSR count). The van der Waals surface area contributed by atoms with E-state index in [0.29, 0.717) is 0 Å². The molecule has 1 aromatic rings. The Morgan fingerprint density at radius 2 is 1.71 bits per heavy atom. The summed E-state index contributed by atoms with van der Waals surface area (Å²) in [5.74, 6) is 0. The van der Waals surface area contributed by atoms with Gasteiger partial charge in [-0.25, -0.2) is 8.42 Å². The van der Waals surface area contributed by atoms with Crippen molar-refractivity contribution in [3.8, 4) is 0 Å². The van der Waals surface area contributed by atoms with Gasteiger partial charge in [-0.3, -0.25) is 11.8 Å². The molecule has 0 N–H and O–H groups in total. The molecule has 0 spiro atoms. The smallest absolute Gasteiger partial charge is 0.458 e. The number of halogens is 2. The number of hydrogen-bond acceptors (Lipinski definition) is 2. The van der Waals surface area contributed by atoms with E-state index in [1.165, 1.54) is 12.1 Å². The Hall–Kier alpha value is 0.710. The molecule has 3 nitrogen and oxygen atoms in total. The molecule has 7 heteroatoms. The second-order valence-corrected chi connectivity index (χ2v) is 4.32. The molecule has 0 unspecified atom stereocenters. The average Bonchev–Trinajstić information content (AvgIpc) is 2.05. The van der Waals surface area contributed by atoms with Crippen molar-refractivity contribution in [3.63, 3.8) is 0 Å². The maximum absolute atomic E-state index is 11.0. The predicted molar refractivity (Wildman–Crippen MR) is 54.6 cm³/mol. The van der Waals surface area contributed by atoms with Crippen LogP contribution in [-0.4, -0.2) is 8.42 Å². The van der Waals surface area contributed by atoms with Crippen molar-refractivity contribution >= 4 is 33.4 Å². The van der Waals surface area contributed by atoms with E-state index in [1.807, 2.05) is 0 Å². The van der Waals surface area contributed by atoms with E-state index >= 15 is 0 Å². The Balaban J connectivity index is 0. The first-order valence-corrected chi connectivity index (χ1v) is 5.06. The van der Waals surface area contributed by atoms with Crippen molar-refractivity contribution in [2.24, 2.45) is 0 Å². The Kier molecular flexibility index (Phi) is 8.63. The minimum Gasteiger partial charge on any atom is -0.458 e. The molecule has 1 aromatic carbocycles. The van der Waals surface area contributed by atoms with Gasteiger partial charge in [0.15, 0.2) is 0 Å². The maximum Gasteiger partial charge on any atom is 1.00 e. The Morgan fingerprint density at radius 3 is 2.14 bits per heavy atom. The molecular formula is C7H8Cl2NNaO2S. The van der Waals surface area contributed by atoms with E-state index in [0.717, 1.165) is 0 Å². The zero-order chi connectivity index (χ0) is 9.19. The zero-order valence-electron chi connectivity index (χ0n) is 6.74. The van der Waals surface area contributed by atoms with Crippen LogP contribution in [0.5, 0.6) is 0 Å². The molecule has 0 aliphatic rings. The topological polar surface area (TPSA) is 48.2 Å². The molecule has 0 amide bonds. The third-order valence-electron chi connectivity index (χ3n) is 1.21. The molecule has 14 heavy (non-hydrogen) atoms. The summed E-state index contributed by atoms with van der Waals surface area (Å²) >= 11 is 10.5. The molecule has 0 fully saturated rings. The van der Waals surface area contributed by atoms with Crippen LogP contribution in [0.1, 0.15) is 7.43 Å². The van der Waals surface area contributed by atoms with Crippen LogP contribution in [0.25, 0.3) is 4.24 Å². The summed E-state index contributed by atoms with van der Waals surface area (Å²) in [6.45, 7) is 0. The van der Waals surface area contributed by atoms with Gasteiger partial charge in [-0.05, 0) is 12.1 Å². The van der Waals surface area contributed by atoms with Crippen molar-refractivity contribution in [1.82, 2.24) is 0 Å². The van der Waals surface area contributed by atoms with Crippen molar-refractivity contribution in [1.29, 1.82) is 0 Å². The fraction of sp³-hybridized carbons (Fsp3) is 0.143. The van der Waals surface area contributed by atoms with Gasteiger partial charge in [0, 0.05) is 0 Å². The minimum atomic E-state index is -3.77. The summed E-state index contributed by atoms with van der Waals surface area (Å²) in [5, 5.41) is 0.113. The van der Waals surface area contributed by atoms with Gasteiger partial charge in [-0.2, -0.15) is 0 Å². The molecule has 0 radical (unpaired) electrons. The quantitative estimate of drug-likeness (QED) is 0.716. The van der Waals surface area contributed by atoms with Gasteiger partial charge in [0.1, 0.15) is 10.0 Å². The summed E-state index contributed by atoms with van der Waals surface area (Å²) in [5.41, 5.74) is 0. The van der Waals surface area contributed by atoms with Gasteiger partial charge in [0.2, 0.25) is 0 Å². The van der Waals surface area contributed by atoms with Crippen LogP contribution in [0.15, 0.2) is 29.2 Å². The van der Waals surface area contributed by atoms with Crippen molar-refractivity contribution in [2.45, 2.75) is 12.3 Å². The van der Waals surface area contributed by atoms with Gasteiger partial charge in [0.05, 0.1) is 9.92 Å². The van der Waals surface area contributed by atoms with E-state index in [2.05, 4.69) is 4.24 Å². The third-order valence-corrected chi connectivity index (χ3v) is 3.29. The van der Waals surface area contributed by atoms with E-state index in [-0.39, 0.29) is 46.9 Å². The monoisotopic (exact) mass is 263 g/mol. The summed E-state index contributed by atoms with van der Waals surface area (Å²) in [4.78, 5) is -0.0818. The molecule has 0 saturated carbocycles. The van der Waals surface area contributed by atoms with Crippen molar-refractivity contribution in [3.05, 3.63) is 33.5 Å². The number of sulfonamides is 1. The Morgan fingerprint density at radius 1 is 1.21 bits per heavy atom. The molecular weight excluding hydrogens is 256 g/mol. The molecule has 0 aliphatic heterocycles. The molecule has 74 valence electrons. The number of nitrogens with zero attached hydrogens (tertiary/aromatic N) is 1. The van der Waals surface area contributed by atoms with E-state index in [9.17, 15) is 8.42 Å². The normalized spacial score (nSPS) is 9.86. The van der Waals surface area contributed by atoms with E-state index < -0.39 is 10.0 Å². The number of benzene rings is 1. The first kappa shape index (κ1) is 17.1. The SMILES string of the molecule is C.O=S(=O)([N-]Cl)c1ccccc1Cl.[Na+]. The summed E-state index contributed by atoms with van der Waals surface area (Å²) < 4.78 is 24.8. The summed E-state index contributed by atoms with van der Waals surface area (Å²) in [7, 11) is -3.77.